The fourth-order valence-electron chi connectivity index (χ4n) is 2.04. The number of urea groups is 1. The monoisotopic (exact) mass is 280 g/mol. The van der Waals surface area contributed by atoms with E-state index >= 15 is 0 Å². The van der Waals surface area contributed by atoms with Crippen LogP contribution in [0.25, 0.3) is 0 Å². The Labute approximate surface area is 120 Å². The maximum Gasteiger partial charge on any atom is 0.317 e. The van der Waals surface area contributed by atoms with Gasteiger partial charge in [-0.2, -0.15) is 0 Å². The molecular formula is C15H24N2O3. The minimum absolute atomic E-state index is 0.0230. The molecule has 1 unspecified atom stereocenters. The van der Waals surface area contributed by atoms with Crippen molar-refractivity contribution in [2.45, 2.75) is 26.3 Å². The van der Waals surface area contributed by atoms with Crippen molar-refractivity contribution in [2.75, 3.05) is 26.8 Å². The van der Waals surface area contributed by atoms with E-state index in [1.165, 1.54) is 0 Å². The van der Waals surface area contributed by atoms with Crippen molar-refractivity contribution in [3.63, 3.8) is 0 Å². The third kappa shape index (κ3) is 4.42. The number of aliphatic hydroxyl groups excluding tert-OH is 1. The summed E-state index contributed by atoms with van der Waals surface area (Å²) in [4.78, 5) is 13.8. The van der Waals surface area contributed by atoms with Crippen molar-refractivity contribution in [1.82, 2.24) is 10.2 Å². The van der Waals surface area contributed by atoms with Gasteiger partial charge < -0.3 is 20.1 Å². The molecule has 0 aromatic heterocycles. The van der Waals surface area contributed by atoms with Crippen LogP contribution in [0.3, 0.4) is 0 Å². The number of aliphatic hydroxyl groups is 1. The summed E-state index contributed by atoms with van der Waals surface area (Å²) in [6.45, 7) is 5.23. The highest BCUT2D eigenvalue weighted by Crippen LogP contribution is 2.20. The summed E-state index contributed by atoms with van der Waals surface area (Å²) in [5.74, 6) is 0.770. The molecule has 2 N–H and O–H groups in total. The van der Waals surface area contributed by atoms with Crippen LogP contribution in [0.1, 0.15) is 31.9 Å². The topological polar surface area (TPSA) is 61.8 Å². The average molecular weight is 280 g/mol. The van der Waals surface area contributed by atoms with Crippen LogP contribution < -0.4 is 10.1 Å². The molecule has 5 nitrogen and oxygen atoms in total. The lowest BCUT2D eigenvalue weighted by Gasteiger charge is -2.24. The highest BCUT2D eigenvalue weighted by molar-refractivity contribution is 5.74. The number of ether oxygens (including phenoxy) is 1. The molecule has 0 saturated carbocycles. The molecule has 0 bridgehead atoms. The van der Waals surface area contributed by atoms with Crippen molar-refractivity contribution in [3.05, 3.63) is 29.8 Å². The molecule has 1 aromatic rings. The Morgan fingerprint density at radius 1 is 1.30 bits per heavy atom. The number of carbonyl (C=O) groups excluding carboxylic acids is 1. The number of hydrogen-bond acceptors (Lipinski definition) is 3. The molecule has 1 aromatic carbocycles. The smallest absolute Gasteiger partial charge is 0.317 e. The van der Waals surface area contributed by atoms with Crippen molar-refractivity contribution in [1.29, 1.82) is 0 Å². The lowest BCUT2D eigenvalue weighted by Crippen LogP contribution is -2.41. The molecule has 1 atom stereocenters. The quantitative estimate of drug-likeness (QED) is 0.804. The zero-order valence-electron chi connectivity index (χ0n) is 12.4. The van der Waals surface area contributed by atoms with Crippen LogP contribution in [0.2, 0.25) is 0 Å². The van der Waals surface area contributed by atoms with Crippen LogP contribution in [-0.4, -0.2) is 42.8 Å². The second-order valence-electron chi connectivity index (χ2n) is 4.46. The SMILES string of the molecule is CCN(CC)C(=O)NC(CCO)c1ccc(OC)cc1. The Morgan fingerprint density at radius 2 is 1.90 bits per heavy atom. The molecule has 0 aliphatic carbocycles. The Morgan fingerprint density at radius 3 is 2.35 bits per heavy atom. The van der Waals surface area contributed by atoms with Crippen molar-refractivity contribution in [3.8, 4) is 5.75 Å². The number of benzene rings is 1. The first-order valence-electron chi connectivity index (χ1n) is 6.96. The summed E-state index contributed by atoms with van der Waals surface area (Å²) in [7, 11) is 1.61. The molecule has 112 valence electrons. The van der Waals surface area contributed by atoms with Gasteiger partial charge in [-0.3, -0.25) is 0 Å². The number of hydrogen-bond donors (Lipinski definition) is 2. The van der Waals surface area contributed by atoms with Crippen molar-refractivity contribution >= 4 is 6.03 Å². The largest absolute Gasteiger partial charge is 0.497 e. The minimum atomic E-state index is -0.195. The van der Waals surface area contributed by atoms with Crippen LogP contribution in [0.5, 0.6) is 5.75 Å². The summed E-state index contributed by atoms with van der Waals surface area (Å²) in [6.07, 6.45) is 0.485. The fraction of sp³-hybridized carbons (Fsp3) is 0.533. The van der Waals surface area contributed by atoms with E-state index in [2.05, 4.69) is 5.32 Å². The maximum absolute atomic E-state index is 12.1. The fourth-order valence-corrected chi connectivity index (χ4v) is 2.04. The van der Waals surface area contributed by atoms with Gasteiger partial charge in [0.15, 0.2) is 0 Å². The number of carbonyl (C=O) groups is 1. The van der Waals surface area contributed by atoms with E-state index in [9.17, 15) is 9.90 Å². The second kappa shape index (κ2) is 8.43. The summed E-state index contributed by atoms with van der Waals surface area (Å²) in [5.41, 5.74) is 0.959. The highest BCUT2D eigenvalue weighted by Gasteiger charge is 2.17. The van der Waals surface area contributed by atoms with E-state index in [0.717, 1.165) is 11.3 Å². The van der Waals surface area contributed by atoms with Crippen LogP contribution >= 0.6 is 0 Å². The van der Waals surface area contributed by atoms with Crippen molar-refractivity contribution in [2.24, 2.45) is 0 Å². The third-order valence-corrected chi connectivity index (χ3v) is 3.28. The number of amides is 2. The van der Waals surface area contributed by atoms with E-state index in [-0.39, 0.29) is 18.7 Å². The average Bonchev–Trinajstić information content (AvgIpc) is 2.48. The van der Waals surface area contributed by atoms with Gasteiger partial charge in [0.25, 0.3) is 0 Å². The predicted molar refractivity (Wildman–Crippen MR) is 78.9 cm³/mol. The van der Waals surface area contributed by atoms with Gasteiger partial charge in [0.05, 0.1) is 13.2 Å². The molecule has 0 heterocycles. The van der Waals surface area contributed by atoms with Gasteiger partial charge in [0.2, 0.25) is 0 Å². The molecule has 1 rings (SSSR count). The normalized spacial score (nSPS) is 11.8. The molecule has 2 amide bonds. The van der Waals surface area contributed by atoms with E-state index in [1.807, 2.05) is 38.1 Å². The van der Waals surface area contributed by atoms with Crippen LogP contribution in [0, 0.1) is 0 Å². The third-order valence-electron chi connectivity index (χ3n) is 3.28. The van der Waals surface area contributed by atoms with E-state index in [4.69, 9.17) is 4.74 Å². The predicted octanol–water partition coefficient (Wildman–Crippen LogP) is 2.17. The highest BCUT2D eigenvalue weighted by atomic mass is 16.5. The summed E-state index contributed by atoms with van der Waals surface area (Å²) in [6, 6.07) is 7.21. The van der Waals surface area contributed by atoms with Gasteiger partial charge in [-0.1, -0.05) is 12.1 Å². The van der Waals surface area contributed by atoms with Crippen LogP contribution in [-0.2, 0) is 0 Å². The van der Waals surface area contributed by atoms with Gasteiger partial charge >= 0.3 is 6.03 Å². The lowest BCUT2D eigenvalue weighted by molar-refractivity contribution is 0.194. The van der Waals surface area contributed by atoms with E-state index in [1.54, 1.807) is 12.0 Å². The molecule has 0 radical (unpaired) electrons. The Balaban J connectivity index is 2.79. The van der Waals surface area contributed by atoms with Gasteiger partial charge in [-0.05, 0) is 38.0 Å². The lowest BCUT2D eigenvalue weighted by atomic mass is 10.0. The Kier molecular flexibility index (Phi) is 6.87. The van der Waals surface area contributed by atoms with Crippen molar-refractivity contribution < 1.29 is 14.6 Å². The molecule has 20 heavy (non-hydrogen) atoms. The Hall–Kier alpha value is -1.75. The van der Waals surface area contributed by atoms with Crippen LogP contribution in [0.15, 0.2) is 24.3 Å². The van der Waals surface area contributed by atoms with Gasteiger partial charge in [0, 0.05) is 19.7 Å². The van der Waals surface area contributed by atoms with Gasteiger partial charge in [-0.25, -0.2) is 4.79 Å². The molecule has 0 aliphatic rings. The number of methoxy groups -OCH3 is 1. The first kappa shape index (κ1) is 16.3. The molecule has 5 heteroatoms. The zero-order valence-corrected chi connectivity index (χ0v) is 12.4. The maximum atomic E-state index is 12.1. The number of nitrogens with one attached hydrogen (secondary N) is 1. The Bertz CT molecular complexity index is 402. The summed E-state index contributed by atoms with van der Waals surface area (Å²) in [5, 5.41) is 12.1. The summed E-state index contributed by atoms with van der Waals surface area (Å²) < 4.78 is 5.12. The standard InChI is InChI=1S/C15H24N2O3/c1-4-17(5-2)15(19)16-14(10-11-18)12-6-8-13(20-3)9-7-12/h6-9,14,18H,4-5,10-11H2,1-3H3,(H,16,19). The zero-order chi connectivity index (χ0) is 15.0. The molecule has 0 aliphatic heterocycles. The molecule has 0 spiro atoms. The molecule has 0 saturated heterocycles. The van der Waals surface area contributed by atoms with Crippen LogP contribution in [0.4, 0.5) is 4.79 Å². The number of rotatable bonds is 7. The van der Waals surface area contributed by atoms with Gasteiger partial charge in [-0.15, -0.1) is 0 Å². The first-order chi connectivity index (χ1) is 9.65. The minimum Gasteiger partial charge on any atom is -0.497 e. The second-order valence-corrected chi connectivity index (χ2v) is 4.46. The van der Waals surface area contributed by atoms with E-state index in [0.29, 0.717) is 19.5 Å². The van der Waals surface area contributed by atoms with E-state index < -0.39 is 0 Å². The van der Waals surface area contributed by atoms with Gasteiger partial charge in [0.1, 0.15) is 5.75 Å². The molecular weight excluding hydrogens is 256 g/mol. The number of nitrogens with zero attached hydrogens (tertiary/aromatic N) is 1. The molecule has 0 fully saturated rings. The summed E-state index contributed by atoms with van der Waals surface area (Å²) >= 11 is 0. The first-order valence-corrected chi connectivity index (χ1v) is 6.96.